The van der Waals surface area contributed by atoms with Crippen LogP contribution in [0.15, 0.2) is 30.6 Å². The summed E-state index contributed by atoms with van der Waals surface area (Å²) >= 11 is 0. The molecule has 0 aliphatic heterocycles. The highest BCUT2D eigenvalue weighted by molar-refractivity contribution is 5.52. The van der Waals surface area contributed by atoms with Crippen molar-refractivity contribution in [1.82, 2.24) is 9.97 Å². The van der Waals surface area contributed by atoms with Crippen LogP contribution in [0.4, 0.5) is 29.2 Å². The van der Waals surface area contributed by atoms with Gasteiger partial charge in [0, 0.05) is 19.1 Å². The zero-order valence-corrected chi connectivity index (χ0v) is 17.7. The van der Waals surface area contributed by atoms with Crippen LogP contribution in [0, 0.1) is 11.2 Å². The fourth-order valence-corrected chi connectivity index (χ4v) is 4.32. The van der Waals surface area contributed by atoms with Gasteiger partial charge >= 0.3 is 6.18 Å². The van der Waals surface area contributed by atoms with E-state index in [0.29, 0.717) is 18.7 Å². The lowest BCUT2D eigenvalue weighted by Crippen LogP contribution is -2.30. The fraction of sp³-hybridized carbons (Fsp3) is 0.565. The molecule has 0 saturated heterocycles. The fourth-order valence-electron chi connectivity index (χ4n) is 4.32. The van der Waals surface area contributed by atoms with E-state index in [4.69, 9.17) is 0 Å². The summed E-state index contributed by atoms with van der Waals surface area (Å²) in [6.07, 6.45) is 4.66. The number of nitrogens with zero attached hydrogens (tertiary/aromatic N) is 3. The molecule has 0 bridgehead atoms. The molecule has 8 heteroatoms. The number of aromatic nitrogens is 2. The van der Waals surface area contributed by atoms with Crippen molar-refractivity contribution in [2.24, 2.45) is 5.41 Å². The van der Waals surface area contributed by atoms with E-state index >= 15 is 4.39 Å². The molecule has 1 aromatic heterocycles. The number of halogens is 4. The topological polar surface area (TPSA) is 41.1 Å². The maximum absolute atomic E-state index is 15.3. The van der Waals surface area contributed by atoms with Crippen LogP contribution in [0.5, 0.6) is 0 Å². The first kappa shape index (κ1) is 21.8. The number of rotatable bonds is 7. The van der Waals surface area contributed by atoms with Crippen LogP contribution in [-0.2, 0) is 12.7 Å². The van der Waals surface area contributed by atoms with Gasteiger partial charge in [0.05, 0.1) is 5.56 Å². The van der Waals surface area contributed by atoms with Crippen LogP contribution in [0.2, 0.25) is 0 Å². The zero-order chi connectivity index (χ0) is 22.1. The Kier molecular flexibility index (Phi) is 6.08. The molecule has 168 valence electrons. The molecule has 1 heterocycles. The Balaban J connectivity index is 1.50. The smallest absolute Gasteiger partial charge is 0.367 e. The molecule has 0 radical (unpaired) electrons. The molecule has 0 amide bonds. The second-order valence-corrected chi connectivity index (χ2v) is 9.14. The van der Waals surface area contributed by atoms with Crippen molar-refractivity contribution in [2.45, 2.75) is 70.6 Å². The molecule has 2 fully saturated rings. The first-order valence-corrected chi connectivity index (χ1v) is 10.9. The maximum Gasteiger partial charge on any atom is 0.416 e. The lowest BCUT2D eigenvalue weighted by Gasteiger charge is -2.34. The van der Waals surface area contributed by atoms with Crippen molar-refractivity contribution >= 4 is 11.6 Å². The number of hydrogen-bond acceptors (Lipinski definition) is 4. The molecule has 0 unspecified atom stereocenters. The van der Waals surface area contributed by atoms with Crippen molar-refractivity contribution < 1.29 is 17.6 Å². The van der Waals surface area contributed by atoms with E-state index in [9.17, 15) is 13.2 Å². The Morgan fingerprint density at radius 1 is 1.06 bits per heavy atom. The van der Waals surface area contributed by atoms with Crippen molar-refractivity contribution in [3.05, 3.63) is 47.5 Å². The highest BCUT2D eigenvalue weighted by atomic mass is 19.4. The van der Waals surface area contributed by atoms with E-state index in [0.717, 1.165) is 37.8 Å². The van der Waals surface area contributed by atoms with E-state index in [-0.39, 0.29) is 23.1 Å². The molecule has 0 spiro atoms. The second kappa shape index (κ2) is 8.63. The van der Waals surface area contributed by atoms with Gasteiger partial charge in [-0.3, -0.25) is 0 Å². The molecule has 2 aromatic rings. The SMILES string of the molecule is CC1(CNc2ncnc(N(Cc3ccc(C(F)(F)F)cc3)C3CC3)c2F)CCCCC1. The predicted molar refractivity (Wildman–Crippen MR) is 112 cm³/mol. The Hall–Kier alpha value is -2.38. The third-order valence-corrected chi connectivity index (χ3v) is 6.41. The largest absolute Gasteiger partial charge is 0.416 e. The summed E-state index contributed by atoms with van der Waals surface area (Å²) in [5.41, 5.74) is 0.124. The first-order chi connectivity index (χ1) is 14.8. The molecule has 1 aromatic carbocycles. The minimum atomic E-state index is -4.37. The third-order valence-electron chi connectivity index (χ3n) is 6.41. The minimum Gasteiger partial charge on any atom is -0.367 e. The molecule has 2 saturated carbocycles. The summed E-state index contributed by atoms with van der Waals surface area (Å²) in [4.78, 5) is 10.1. The van der Waals surface area contributed by atoms with Gasteiger partial charge in [-0.25, -0.2) is 9.97 Å². The summed E-state index contributed by atoms with van der Waals surface area (Å²) in [6.45, 7) is 3.18. The standard InChI is InChI=1S/C23H28F4N4/c1-22(11-3-2-4-12-22)14-28-20-19(24)21(30-15-29-20)31(18-9-10-18)13-16-5-7-17(8-6-16)23(25,26)27/h5-8,15,18H,2-4,9-14H2,1H3,(H,28,29,30). The van der Waals surface area contributed by atoms with Gasteiger partial charge in [0.2, 0.25) is 5.82 Å². The number of benzene rings is 1. The lowest BCUT2D eigenvalue weighted by atomic mass is 9.76. The van der Waals surface area contributed by atoms with Crippen molar-refractivity contribution in [3.63, 3.8) is 0 Å². The first-order valence-electron chi connectivity index (χ1n) is 10.9. The van der Waals surface area contributed by atoms with Gasteiger partial charge < -0.3 is 10.2 Å². The average molecular weight is 436 g/mol. The van der Waals surface area contributed by atoms with E-state index in [1.54, 1.807) is 0 Å². The zero-order valence-electron chi connectivity index (χ0n) is 17.7. The number of alkyl halides is 3. The van der Waals surface area contributed by atoms with Gasteiger partial charge in [-0.2, -0.15) is 17.6 Å². The van der Waals surface area contributed by atoms with Crippen molar-refractivity contribution in [1.29, 1.82) is 0 Å². The van der Waals surface area contributed by atoms with Crippen molar-refractivity contribution in [2.75, 3.05) is 16.8 Å². The Bertz CT molecular complexity index is 887. The van der Waals surface area contributed by atoms with Gasteiger partial charge in [-0.1, -0.05) is 38.3 Å². The Morgan fingerprint density at radius 3 is 2.35 bits per heavy atom. The van der Waals surface area contributed by atoms with Gasteiger partial charge in [0.1, 0.15) is 6.33 Å². The highest BCUT2D eigenvalue weighted by Crippen LogP contribution is 2.38. The van der Waals surface area contributed by atoms with Gasteiger partial charge in [0.15, 0.2) is 11.6 Å². The summed E-state index contributed by atoms with van der Waals surface area (Å²) in [7, 11) is 0. The molecular weight excluding hydrogens is 408 g/mol. The molecule has 2 aliphatic rings. The van der Waals surface area contributed by atoms with Crippen LogP contribution in [0.25, 0.3) is 0 Å². The maximum atomic E-state index is 15.3. The molecule has 4 rings (SSSR count). The normalized spacial score (nSPS) is 18.6. The van der Waals surface area contributed by atoms with E-state index < -0.39 is 17.6 Å². The number of hydrogen-bond donors (Lipinski definition) is 1. The van der Waals surface area contributed by atoms with Crippen LogP contribution in [0.3, 0.4) is 0 Å². The Morgan fingerprint density at radius 2 is 1.74 bits per heavy atom. The predicted octanol–water partition coefficient (Wildman–Crippen LogP) is 6.19. The van der Waals surface area contributed by atoms with Crippen LogP contribution < -0.4 is 10.2 Å². The van der Waals surface area contributed by atoms with E-state index in [1.165, 1.54) is 37.7 Å². The molecular formula is C23H28F4N4. The van der Waals surface area contributed by atoms with Gasteiger partial charge in [0.25, 0.3) is 0 Å². The van der Waals surface area contributed by atoms with Crippen molar-refractivity contribution in [3.8, 4) is 0 Å². The molecule has 2 aliphatic carbocycles. The quantitative estimate of drug-likeness (QED) is 0.526. The molecule has 4 nitrogen and oxygen atoms in total. The van der Waals surface area contributed by atoms with Gasteiger partial charge in [-0.05, 0) is 48.8 Å². The lowest BCUT2D eigenvalue weighted by molar-refractivity contribution is -0.137. The van der Waals surface area contributed by atoms with Crippen LogP contribution in [-0.4, -0.2) is 22.6 Å². The number of anilines is 2. The van der Waals surface area contributed by atoms with Gasteiger partial charge in [-0.15, -0.1) is 0 Å². The molecule has 1 N–H and O–H groups in total. The number of nitrogens with one attached hydrogen (secondary N) is 1. The van der Waals surface area contributed by atoms with Crippen LogP contribution >= 0.6 is 0 Å². The summed E-state index contributed by atoms with van der Waals surface area (Å²) in [6, 6.07) is 5.15. The summed E-state index contributed by atoms with van der Waals surface area (Å²) in [5, 5.41) is 3.19. The third kappa shape index (κ3) is 5.28. The van der Waals surface area contributed by atoms with E-state index in [2.05, 4.69) is 22.2 Å². The summed E-state index contributed by atoms with van der Waals surface area (Å²) < 4.78 is 53.8. The highest BCUT2D eigenvalue weighted by Gasteiger charge is 2.34. The second-order valence-electron chi connectivity index (χ2n) is 9.14. The Labute approximate surface area is 180 Å². The van der Waals surface area contributed by atoms with E-state index in [1.807, 2.05) is 4.90 Å². The summed E-state index contributed by atoms with van der Waals surface area (Å²) in [5.74, 6) is -0.107. The monoisotopic (exact) mass is 436 g/mol. The molecule has 31 heavy (non-hydrogen) atoms. The average Bonchev–Trinajstić information content (AvgIpc) is 3.57. The van der Waals surface area contributed by atoms with Crippen LogP contribution in [0.1, 0.15) is 63.0 Å². The minimum absolute atomic E-state index is 0.131. The molecule has 0 atom stereocenters.